The van der Waals surface area contributed by atoms with E-state index in [1.807, 2.05) is 49.5 Å². The highest BCUT2D eigenvalue weighted by molar-refractivity contribution is 5.78. The van der Waals surface area contributed by atoms with Gasteiger partial charge >= 0.3 is 0 Å². The number of ether oxygens (including phenoxy) is 2. The van der Waals surface area contributed by atoms with Crippen LogP contribution in [0.1, 0.15) is 27.7 Å². The zero-order chi connectivity index (χ0) is 22.1. The van der Waals surface area contributed by atoms with E-state index in [-0.39, 0.29) is 12.1 Å². The Morgan fingerprint density at radius 2 is 1.45 bits per heavy atom. The third-order valence-corrected chi connectivity index (χ3v) is 5.06. The number of rotatable bonds is 11. The highest BCUT2D eigenvalue weighted by Crippen LogP contribution is 2.31. The van der Waals surface area contributed by atoms with Crippen molar-refractivity contribution < 1.29 is 9.47 Å². The third kappa shape index (κ3) is 6.36. The van der Waals surface area contributed by atoms with E-state index in [2.05, 4.69) is 49.9 Å². The minimum Gasteiger partial charge on any atom is -0.379 e. The summed E-state index contributed by atoms with van der Waals surface area (Å²) in [7, 11) is 0. The highest BCUT2D eigenvalue weighted by Gasteiger charge is 2.19. The number of anilines is 1. The van der Waals surface area contributed by atoms with Gasteiger partial charge in [0.15, 0.2) is 0 Å². The maximum atomic E-state index is 5.94. The molecule has 3 aromatic rings. The maximum absolute atomic E-state index is 5.94. The molecule has 31 heavy (non-hydrogen) atoms. The molecule has 0 aliphatic rings. The van der Waals surface area contributed by atoms with Crippen molar-refractivity contribution >= 4 is 5.82 Å². The van der Waals surface area contributed by atoms with Gasteiger partial charge in [0.2, 0.25) is 0 Å². The lowest BCUT2D eigenvalue weighted by atomic mass is 10.0. The molecule has 0 saturated heterocycles. The minimum absolute atomic E-state index is 0.0543. The van der Waals surface area contributed by atoms with Crippen LogP contribution in [0.15, 0.2) is 66.9 Å². The predicted molar refractivity (Wildman–Crippen MR) is 127 cm³/mol. The molecule has 0 spiro atoms. The molecular formula is C26H33N3O2. The Balaban J connectivity index is 1.90. The van der Waals surface area contributed by atoms with Crippen LogP contribution >= 0.6 is 0 Å². The number of benzene rings is 2. The smallest absolute Gasteiger partial charge is 0.148 e. The van der Waals surface area contributed by atoms with Gasteiger partial charge in [-0.15, -0.1) is 0 Å². The zero-order valence-electron chi connectivity index (χ0n) is 19.0. The van der Waals surface area contributed by atoms with Crippen LogP contribution in [0.4, 0.5) is 5.82 Å². The molecule has 1 atom stereocenters. The fourth-order valence-electron chi connectivity index (χ4n) is 3.47. The first-order valence-corrected chi connectivity index (χ1v) is 11.0. The van der Waals surface area contributed by atoms with Crippen LogP contribution in [0, 0.1) is 0 Å². The first-order chi connectivity index (χ1) is 15.1. The van der Waals surface area contributed by atoms with Crippen LogP contribution in [0.3, 0.4) is 0 Å². The third-order valence-electron chi connectivity index (χ3n) is 5.06. The van der Waals surface area contributed by atoms with Crippen molar-refractivity contribution in [1.29, 1.82) is 0 Å². The molecule has 0 N–H and O–H groups in total. The van der Waals surface area contributed by atoms with Crippen molar-refractivity contribution in [3.05, 3.63) is 66.9 Å². The molecule has 0 aliphatic heterocycles. The van der Waals surface area contributed by atoms with Crippen LogP contribution in [0.2, 0.25) is 0 Å². The van der Waals surface area contributed by atoms with Crippen molar-refractivity contribution in [3.8, 4) is 22.5 Å². The number of hydrogen-bond donors (Lipinski definition) is 0. The van der Waals surface area contributed by atoms with E-state index in [1.54, 1.807) is 0 Å². The topological polar surface area (TPSA) is 47.5 Å². The monoisotopic (exact) mass is 419 g/mol. The van der Waals surface area contributed by atoms with E-state index in [9.17, 15) is 0 Å². The lowest BCUT2D eigenvalue weighted by molar-refractivity contribution is 0.0179. The van der Waals surface area contributed by atoms with E-state index in [4.69, 9.17) is 19.4 Å². The van der Waals surface area contributed by atoms with E-state index in [1.165, 1.54) is 0 Å². The normalized spacial score (nSPS) is 12.2. The SMILES string of the molecule is CCOCCOC(C)CN(c1cnc(-c2ccccc2)c(-c2ccccc2)n1)C(C)C. The molecule has 0 saturated carbocycles. The van der Waals surface area contributed by atoms with Crippen LogP contribution in [0.5, 0.6) is 0 Å². The fraction of sp³-hybridized carbons (Fsp3) is 0.385. The average Bonchev–Trinajstić information content (AvgIpc) is 2.81. The molecule has 0 fully saturated rings. The Kier molecular flexibility index (Phi) is 8.56. The molecule has 0 aliphatic carbocycles. The molecular weight excluding hydrogens is 386 g/mol. The summed E-state index contributed by atoms with van der Waals surface area (Å²) in [5.74, 6) is 0.855. The molecule has 3 rings (SSSR count). The average molecular weight is 420 g/mol. The second kappa shape index (κ2) is 11.6. The van der Waals surface area contributed by atoms with Gasteiger partial charge in [-0.1, -0.05) is 60.7 Å². The van der Waals surface area contributed by atoms with Gasteiger partial charge < -0.3 is 14.4 Å². The molecule has 1 aromatic heterocycles. The molecule has 164 valence electrons. The van der Waals surface area contributed by atoms with Crippen molar-refractivity contribution in [2.75, 3.05) is 31.3 Å². The minimum atomic E-state index is 0.0543. The van der Waals surface area contributed by atoms with Gasteiger partial charge in [0.25, 0.3) is 0 Å². The molecule has 0 radical (unpaired) electrons. The quantitative estimate of drug-likeness (QED) is 0.386. The largest absolute Gasteiger partial charge is 0.379 e. The molecule has 0 amide bonds. The van der Waals surface area contributed by atoms with Gasteiger partial charge in [0.05, 0.1) is 36.9 Å². The van der Waals surface area contributed by atoms with E-state index in [0.717, 1.165) is 34.9 Å². The van der Waals surface area contributed by atoms with E-state index in [0.29, 0.717) is 19.8 Å². The maximum Gasteiger partial charge on any atom is 0.148 e. The van der Waals surface area contributed by atoms with Crippen LogP contribution in [0.25, 0.3) is 22.5 Å². The molecule has 2 aromatic carbocycles. The summed E-state index contributed by atoms with van der Waals surface area (Å²) < 4.78 is 11.3. The van der Waals surface area contributed by atoms with Crippen molar-refractivity contribution in [2.45, 2.75) is 39.8 Å². The summed E-state index contributed by atoms with van der Waals surface area (Å²) >= 11 is 0. The van der Waals surface area contributed by atoms with Gasteiger partial charge in [-0.3, -0.25) is 4.98 Å². The summed E-state index contributed by atoms with van der Waals surface area (Å²) in [5.41, 5.74) is 3.89. The first kappa shape index (κ1) is 22.9. The zero-order valence-corrected chi connectivity index (χ0v) is 19.0. The fourth-order valence-corrected chi connectivity index (χ4v) is 3.47. The van der Waals surface area contributed by atoms with E-state index >= 15 is 0 Å². The lowest BCUT2D eigenvalue weighted by Crippen LogP contribution is -2.38. The highest BCUT2D eigenvalue weighted by atomic mass is 16.5. The van der Waals surface area contributed by atoms with Gasteiger partial charge in [-0.2, -0.15) is 0 Å². The second-order valence-corrected chi connectivity index (χ2v) is 7.78. The molecule has 5 heteroatoms. The second-order valence-electron chi connectivity index (χ2n) is 7.78. The van der Waals surface area contributed by atoms with Gasteiger partial charge in [0.1, 0.15) is 5.82 Å². The first-order valence-electron chi connectivity index (χ1n) is 11.0. The van der Waals surface area contributed by atoms with E-state index < -0.39 is 0 Å². The van der Waals surface area contributed by atoms with Crippen LogP contribution < -0.4 is 4.90 Å². The van der Waals surface area contributed by atoms with Crippen molar-refractivity contribution in [1.82, 2.24) is 9.97 Å². The Morgan fingerprint density at radius 3 is 2.03 bits per heavy atom. The molecule has 1 unspecified atom stereocenters. The van der Waals surface area contributed by atoms with Gasteiger partial charge in [-0.05, 0) is 27.7 Å². The predicted octanol–water partition coefficient (Wildman–Crippen LogP) is 5.47. The standard InChI is InChI=1S/C26H33N3O2/c1-5-30-16-17-31-21(4)19-29(20(2)3)24-18-27-25(22-12-8-6-9-13-22)26(28-24)23-14-10-7-11-15-23/h6-15,18,20-21H,5,16-17,19H2,1-4H3. The van der Waals surface area contributed by atoms with Crippen molar-refractivity contribution in [3.63, 3.8) is 0 Å². The van der Waals surface area contributed by atoms with Gasteiger partial charge in [0, 0.05) is 30.3 Å². The number of hydrogen-bond acceptors (Lipinski definition) is 5. The summed E-state index contributed by atoms with van der Waals surface area (Å²) in [4.78, 5) is 12.2. The summed E-state index contributed by atoms with van der Waals surface area (Å²) in [5, 5.41) is 0. The number of aromatic nitrogens is 2. The summed E-state index contributed by atoms with van der Waals surface area (Å²) in [6, 6.07) is 20.7. The van der Waals surface area contributed by atoms with Crippen molar-refractivity contribution in [2.24, 2.45) is 0 Å². The molecule has 1 heterocycles. The number of nitrogens with zero attached hydrogens (tertiary/aromatic N) is 3. The summed E-state index contributed by atoms with van der Waals surface area (Å²) in [6.45, 7) is 11.1. The van der Waals surface area contributed by atoms with Crippen LogP contribution in [-0.4, -0.2) is 48.5 Å². The Bertz CT molecular complexity index is 916. The Morgan fingerprint density at radius 1 is 0.839 bits per heavy atom. The Labute approximate surface area is 186 Å². The van der Waals surface area contributed by atoms with Crippen LogP contribution in [-0.2, 0) is 9.47 Å². The summed E-state index contributed by atoms with van der Waals surface area (Å²) in [6.07, 6.45) is 1.93. The molecule has 0 bridgehead atoms. The lowest BCUT2D eigenvalue weighted by Gasteiger charge is -2.31. The van der Waals surface area contributed by atoms with Gasteiger partial charge in [-0.25, -0.2) is 4.98 Å². The molecule has 5 nitrogen and oxygen atoms in total. The Hall–Kier alpha value is -2.76.